The molecule has 0 spiro atoms. The van der Waals surface area contributed by atoms with E-state index >= 15 is 0 Å². The molecule has 1 aromatic rings. The number of hydrogen-bond acceptors (Lipinski definition) is 2. The zero-order valence-corrected chi connectivity index (χ0v) is 14.1. The number of carbonyl (C=O) groups excluding carboxylic acids is 1. The molecule has 1 fully saturated rings. The van der Waals surface area contributed by atoms with Crippen molar-refractivity contribution in [2.45, 2.75) is 39.2 Å². The van der Waals surface area contributed by atoms with Gasteiger partial charge in [-0.25, -0.2) is 0 Å². The van der Waals surface area contributed by atoms with Gasteiger partial charge in [-0.05, 0) is 43.0 Å². The number of hydrogen-bond donors (Lipinski definition) is 1. The van der Waals surface area contributed by atoms with Crippen LogP contribution in [-0.4, -0.2) is 30.9 Å². The maximum absolute atomic E-state index is 12.4. The predicted molar refractivity (Wildman–Crippen MR) is 89.8 cm³/mol. The molecule has 0 radical (unpaired) electrons. The highest BCUT2D eigenvalue weighted by Crippen LogP contribution is 2.18. The Morgan fingerprint density at radius 3 is 2.33 bits per heavy atom. The van der Waals surface area contributed by atoms with Crippen molar-refractivity contribution in [3.63, 3.8) is 0 Å². The van der Waals surface area contributed by atoms with Gasteiger partial charge < -0.3 is 10.2 Å². The van der Waals surface area contributed by atoms with Crippen molar-refractivity contribution < 1.29 is 4.79 Å². The second-order valence-electron chi connectivity index (χ2n) is 6.11. The second kappa shape index (κ2) is 8.40. The van der Waals surface area contributed by atoms with Crippen LogP contribution in [0.15, 0.2) is 24.3 Å². The van der Waals surface area contributed by atoms with Gasteiger partial charge in [0.2, 0.25) is 5.91 Å². The lowest BCUT2D eigenvalue weighted by Gasteiger charge is -2.27. The minimum absolute atomic E-state index is 0. The molecule has 0 aliphatic carbocycles. The van der Waals surface area contributed by atoms with E-state index in [-0.39, 0.29) is 18.3 Å². The average molecular weight is 311 g/mol. The normalized spacial score (nSPS) is 15.6. The zero-order chi connectivity index (χ0) is 14.5. The third-order valence-electron chi connectivity index (χ3n) is 4.13. The summed E-state index contributed by atoms with van der Waals surface area (Å²) in [4.78, 5) is 14.3. The van der Waals surface area contributed by atoms with Crippen molar-refractivity contribution in [3.8, 4) is 0 Å². The van der Waals surface area contributed by atoms with Crippen molar-refractivity contribution in [1.29, 1.82) is 0 Å². The molecule has 0 saturated carbocycles. The average Bonchev–Trinajstić information content (AvgIpc) is 2.48. The van der Waals surface area contributed by atoms with Gasteiger partial charge in [0.05, 0.1) is 0 Å². The van der Waals surface area contributed by atoms with Crippen LogP contribution in [0.25, 0.3) is 0 Å². The Morgan fingerprint density at radius 1 is 1.24 bits per heavy atom. The Morgan fingerprint density at radius 2 is 1.81 bits per heavy atom. The van der Waals surface area contributed by atoms with Gasteiger partial charge in [-0.15, -0.1) is 12.4 Å². The van der Waals surface area contributed by atoms with E-state index in [4.69, 9.17) is 0 Å². The Balaban J connectivity index is 0.00000220. The van der Waals surface area contributed by atoms with Gasteiger partial charge in [0, 0.05) is 19.5 Å². The van der Waals surface area contributed by atoms with Crippen molar-refractivity contribution >= 4 is 18.3 Å². The van der Waals surface area contributed by atoms with Crippen LogP contribution in [-0.2, 0) is 11.3 Å². The molecule has 1 aliphatic heterocycles. The van der Waals surface area contributed by atoms with Crippen LogP contribution in [0.3, 0.4) is 0 Å². The molecule has 0 unspecified atom stereocenters. The number of piperidine rings is 1. The molecule has 0 aromatic heterocycles. The van der Waals surface area contributed by atoms with Crippen molar-refractivity contribution in [2.75, 3.05) is 20.1 Å². The molecule has 1 saturated heterocycles. The Labute approximate surface area is 134 Å². The fraction of sp³-hybridized carbons (Fsp3) is 0.588. The van der Waals surface area contributed by atoms with Crippen molar-refractivity contribution in [2.24, 2.45) is 5.92 Å². The number of rotatable bonds is 4. The van der Waals surface area contributed by atoms with Gasteiger partial charge in [-0.2, -0.15) is 0 Å². The van der Waals surface area contributed by atoms with Crippen LogP contribution in [0.5, 0.6) is 0 Å². The molecule has 1 aliphatic rings. The number of carbonyl (C=O) groups is 1. The molecule has 118 valence electrons. The van der Waals surface area contributed by atoms with Crippen LogP contribution in [0.2, 0.25) is 0 Å². The van der Waals surface area contributed by atoms with Gasteiger partial charge in [-0.3, -0.25) is 4.79 Å². The maximum atomic E-state index is 12.4. The third kappa shape index (κ3) is 5.01. The SMILES string of the molecule is CC(C)c1ccc(CN(C)C(=O)C2CCNCC2)cc1.Cl. The molecule has 1 amide bonds. The van der Waals surface area contributed by atoms with Crippen LogP contribution in [0.1, 0.15) is 43.7 Å². The van der Waals surface area contributed by atoms with Gasteiger partial charge in [0.25, 0.3) is 0 Å². The fourth-order valence-corrected chi connectivity index (χ4v) is 2.74. The summed E-state index contributed by atoms with van der Waals surface area (Å²) >= 11 is 0. The highest BCUT2D eigenvalue weighted by molar-refractivity contribution is 5.85. The Kier molecular flexibility index (Phi) is 7.20. The molecule has 1 heterocycles. The first kappa shape index (κ1) is 18.0. The second-order valence-corrected chi connectivity index (χ2v) is 6.11. The van der Waals surface area contributed by atoms with E-state index < -0.39 is 0 Å². The van der Waals surface area contributed by atoms with E-state index in [0.29, 0.717) is 18.4 Å². The third-order valence-corrected chi connectivity index (χ3v) is 4.13. The van der Waals surface area contributed by atoms with Gasteiger partial charge in [-0.1, -0.05) is 38.1 Å². The van der Waals surface area contributed by atoms with E-state index in [0.717, 1.165) is 25.9 Å². The molecule has 1 aromatic carbocycles. The Bertz CT molecular complexity index is 439. The molecule has 0 atom stereocenters. The largest absolute Gasteiger partial charge is 0.341 e. The molecule has 2 rings (SSSR count). The van der Waals surface area contributed by atoms with Crippen LogP contribution >= 0.6 is 12.4 Å². The maximum Gasteiger partial charge on any atom is 0.225 e. The zero-order valence-electron chi connectivity index (χ0n) is 13.3. The topological polar surface area (TPSA) is 32.3 Å². The lowest BCUT2D eigenvalue weighted by molar-refractivity contribution is -0.135. The number of nitrogens with one attached hydrogen (secondary N) is 1. The minimum Gasteiger partial charge on any atom is -0.341 e. The smallest absolute Gasteiger partial charge is 0.225 e. The number of amides is 1. The molecule has 0 bridgehead atoms. The first-order valence-electron chi connectivity index (χ1n) is 7.62. The first-order valence-corrected chi connectivity index (χ1v) is 7.62. The number of nitrogens with zero attached hydrogens (tertiary/aromatic N) is 1. The van der Waals surface area contributed by atoms with Crippen LogP contribution in [0, 0.1) is 5.92 Å². The summed E-state index contributed by atoms with van der Waals surface area (Å²) in [6.07, 6.45) is 1.94. The van der Waals surface area contributed by atoms with E-state index in [9.17, 15) is 4.79 Å². The quantitative estimate of drug-likeness (QED) is 0.926. The van der Waals surface area contributed by atoms with Crippen LogP contribution < -0.4 is 5.32 Å². The van der Waals surface area contributed by atoms with E-state index in [1.807, 2.05) is 11.9 Å². The summed E-state index contributed by atoms with van der Waals surface area (Å²) in [7, 11) is 1.92. The van der Waals surface area contributed by atoms with Crippen LogP contribution in [0.4, 0.5) is 0 Å². The minimum atomic E-state index is 0. The lowest BCUT2D eigenvalue weighted by Crippen LogP contribution is -2.38. The van der Waals surface area contributed by atoms with Gasteiger partial charge in [0.15, 0.2) is 0 Å². The molecule has 4 heteroatoms. The number of halogens is 1. The lowest BCUT2D eigenvalue weighted by atomic mass is 9.96. The van der Waals surface area contributed by atoms with Crippen molar-refractivity contribution in [1.82, 2.24) is 10.2 Å². The summed E-state index contributed by atoms with van der Waals surface area (Å²) in [6.45, 7) is 7.03. The summed E-state index contributed by atoms with van der Waals surface area (Å²) in [5.74, 6) is 1.05. The molecule has 1 N–H and O–H groups in total. The standard InChI is InChI=1S/C17H26N2O.ClH/c1-13(2)15-6-4-14(5-7-15)12-19(3)17(20)16-8-10-18-11-9-16;/h4-7,13,16,18H,8-12H2,1-3H3;1H. The Hall–Kier alpha value is -1.06. The van der Waals surface area contributed by atoms with E-state index in [1.54, 1.807) is 0 Å². The molecular formula is C17H27ClN2O. The molecule has 21 heavy (non-hydrogen) atoms. The summed E-state index contributed by atoms with van der Waals surface area (Å²) in [6, 6.07) is 8.62. The van der Waals surface area contributed by atoms with E-state index in [1.165, 1.54) is 11.1 Å². The molecular weight excluding hydrogens is 284 g/mol. The molecule has 3 nitrogen and oxygen atoms in total. The monoisotopic (exact) mass is 310 g/mol. The predicted octanol–water partition coefficient (Wildman–Crippen LogP) is 3.19. The fourth-order valence-electron chi connectivity index (χ4n) is 2.74. The highest BCUT2D eigenvalue weighted by Gasteiger charge is 2.23. The summed E-state index contributed by atoms with van der Waals surface area (Å²) in [5.41, 5.74) is 2.56. The summed E-state index contributed by atoms with van der Waals surface area (Å²) < 4.78 is 0. The van der Waals surface area contributed by atoms with E-state index in [2.05, 4.69) is 43.4 Å². The highest BCUT2D eigenvalue weighted by atomic mass is 35.5. The summed E-state index contributed by atoms with van der Waals surface area (Å²) in [5, 5.41) is 3.30. The number of benzene rings is 1. The van der Waals surface area contributed by atoms with Crippen molar-refractivity contribution in [3.05, 3.63) is 35.4 Å². The van der Waals surface area contributed by atoms with Gasteiger partial charge in [0.1, 0.15) is 0 Å². The first-order chi connectivity index (χ1) is 9.58. The van der Waals surface area contributed by atoms with Gasteiger partial charge >= 0.3 is 0 Å².